The van der Waals surface area contributed by atoms with Crippen LogP contribution in [0.15, 0.2) is 11.4 Å². The molecule has 0 bridgehead atoms. The average Bonchev–Trinajstić information content (AvgIpc) is 2.79. The van der Waals surface area contributed by atoms with Gasteiger partial charge in [-0.15, -0.1) is 0 Å². The number of hydrogen-bond donors (Lipinski definition) is 1. The van der Waals surface area contributed by atoms with Crippen molar-refractivity contribution in [3.63, 3.8) is 0 Å². The second-order valence-corrected chi connectivity index (χ2v) is 5.05. The van der Waals surface area contributed by atoms with E-state index in [0.717, 1.165) is 5.92 Å². The highest BCUT2D eigenvalue weighted by atomic mass is 32.2. The summed E-state index contributed by atoms with van der Waals surface area (Å²) < 4.78 is 2.42. The van der Waals surface area contributed by atoms with E-state index < -0.39 is 0 Å². The summed E-state index contributed by atoms with van der Waals surface area (Å²) >= 11 is 1.89. The van der Waals surface area contributed by atoms with Crippen LogP contribution in [0.25, 0.3) is 0 Å². The van der Waals surface area contributed by atoms with E-state index in [4.69, 9.17) is 0 Å². The topological polar surface area (TPSA) is 29.9 Å². The highest BCUT2D eigenvalue weighted by molar-refractivity contribution is 7.99. The molecule has 1 aromatic heterocycles. The zero-order valence-corrected chi connectivity index (χ0v) is 9.02. The average molecular weight is 209 g/mol. The summed E-state index contributed by atoms with van der Waals surface area (Å²) in [6.45, 7) is 3.50. The molecule has 1 fully saturated rings. The lowest BCUT2D eigenvalue weighted by atomic mass is 9.95. The predicted molar refractivity (Wildman–Crippen MR) is 57.8 cm³/mol. The molecule has 3 heterocycles. The van der Waals surface area contributed by atoms with E-state index in [1.807, 2.05) is 11.8 Å². The monoisotopic (exact) mass is 209 g/mol. The van der Waals surface area contributed by atoms with Crippen LogP contribution in [0.4, 0.5) is 0 Å². The third-order valence-electron chi connectivity index (χ3n) is 3.15. The molecular weight excluding hydrogens is 194 g/mol. The SMILES string of the molecule is c1nc2n(c1C1CCNCC1)CCS2. The fourth-order valence-electron chi connectivity index (χ4n) is 2.38. The molecule has 0 spiro atoms. The highest BCUT2D eigenvalue weighted by Gasteiger charge is 2.23. The standard InChI is InChI=1S/C10H15N3S/c1-3-11-4-2-8(1)9-7-12-10-13(9)5-6-14-10/h7-8,11H,1-6H2. The number of piperidine rings is 1. The molecule has 1 N–H and O–H groups in total. The number of nitrogens with zero attached hydrogens (tertiary/aromatic N) is 2. The highest BCUT2D eigenvalue weighted by Crippen LogP contribution is 2.32. The summed E-state index contributed by atoms with van der Waals surface area (Å²) in [6.07, 6.45) is 4.64. The number of rotatable bonds is 1. The second-order valence-electron chi connectivity index (χ2n) is 3.99. The first-order valence-electron chi connectivity index (χ1n) is 5.34. The number of thioether (sulfide) groups is 1. The van der Waals surface area contributed by atoms with Gasteiger partial charge in [0, 0.05) is 30.1 Å². The Kier molecular flexibility index (Phi) is 2.25. The molecule has 2 aliphatic heterocycles. The molecule has 0 amide bonds. The molecule has 1 aromatic rings. The van der Waals surface area contributed by atoms with Gasteiger partial charge in [-0.2, -0.15) is 0 Å². The third kappa shape index (κ3) is 1.37. The van der Waals surface area contributed by atoms with Crippen molar-refractivity contribution in [2.45, 2.75) is 30.5 Å². The minimum atomic E-state index is 0.746. The first-order chi connectivity index (χ1) is 6.95. The van der Waals surface area contributed by atoms with Crippen molar-refractivity contribution in [1.82, 2.24) is 14.9 Å². The Morgan fingerprint density at radius 3 is 3.14 bits per heavy atom. The third-order valence-corrected chi connectivity index (χ3v) is 4.12. The summed E-state index contributed by atoms with van der Waals surface area (Å²) in [6, 6.07) is 0. The molecule has 4 heteroatoms. The van der Waals surface area contributed by atoms with Crippen LogP contribution < -0.4 is 5.32 Å². The van der Waals surface area contributed by atoms with E-state index in [2.05, 4.69) is 21.1 Å². The first-order valence-corrected chi connectivity index (χ1v) is 6.32. The first kappa shape index (κ1) is 8.80. The van der Waals surface area contributed by atoms with Crippen molar-refractivity contribution >= 4 is 11.8 Å². The summed E-state index contributed by atoms with van der Waals surface area (Å²) in [7, 11) is 0. The minimum Gasteiger partial charge on any atom is -0.322 e. The predicted octanol–water partition coefficient (Wildman–Crippen LogP) is 1.46. The molecule has 3 rings (SSSR count). The van der Waals surface area contributed by atoms with Crippen LogP contribution in [0, 0.1) is 0 Å². The van der Waals surface area contributed by atoms with Crippen LogP contribution in [-0.2, 0) is 6.54 Å². The van der Waals surface area contributed by atoms with Crippen molar-refractivity contribution in [3.05, 3.63) is 11.9 Å². The maximum absolute atomic E-state index is 4.48. The van der Waals surface area contributed by atoms with Crippen molar-refractivity contribution < 1.29 is 0 Å². The summed E-state index contributed by atoms with van der Waals surface area (Å²) in [5, 5.41) is 4.64. The molecule has 0 aliphatic carbocycles. The Balaban J connectivity index is 1.88. The zero-order chi connectivity index (χ0) is 9.38. The van der Waals surface area contributed by atoms with Crippen LogP contribution in [-0.4, -0.2) is 28.4 Å². The number of nitrogens with one attached hydrogen (secondary N) is 1. The lowest BCUT2D eigenvalue weighted by Gasteiger charge is -2.23. The Morgan fingerprint density at radius 1 is 1.43 bits per heavy atom. The van der Waals surface area contributed by atoms with Crippen molar-refractivity contribution in [2.24, 2.45) is 0 Å². The Morgan fingerprint density at radius 2 is 2.29 bits per heavy atom. The van der Waals surface area contributed by atoms with E-state index in [9.17, 15) is 0 Å². The zero-order valence-electron chi connectivity index (χ0n) is 8.20. The van der Waals surface area contributed by atoms with E-state index >= 15 is 0 Å². The molecule has 0 unspecified atom stereocenters. The minimum absolute atomic E-state index is 0.746. The lowest BCUT2D eigenvalue weighted by Crippen LogP contribution is -2.27. The molecule has 0 atom stereocenters. The number of imidazole rings is 1. The van der Waals surface area contributed by atoms with E-state index in [-0.39, 0.29) is 0 Å². The van der Waals surface area contributed by atoms with Crippen LogP contribution in [0.1, 0.15) is 24.5 Å². The number of fused-ring (bicyclic) bond motifs is 1. The van der Waals surface area contributed by atoms with E-state index in [1.54, 1.807) is 0 Å². The maximum Gasteiger partial charge on any atom is 0.168 e. The Labute approximate surface area is 88.3 Å². The Hall–Kier alpha value is -0.480. The van der Waals surface area contributed by atoms with Gasteiger partial charge in [-0.1, -0.05) is 11.8 Å². The molecule has 14 heavy (non-hydrogen) atoms. The molecule has 0 saturated carbocycles. The van der Waals surface area contributed by atoms with Gasteiger partial charge in [-0.3, -0.25) is 0 Å². The van der Waals surface area contributed by atoms with Gasteiger partial charge in [0.05, 0.1) is 0 Å². The fraction of sp³-hybridized carbons (Fsp3) is 0.700. The van der Waals surface area contributed by atoms with Crippen molar-refractivity contribution in [2.75, 3.05) is 18.8 Å². The molecule has 0 radical (unpaired) electrons. The van der Waals surface area contributed by atoms with Gasteiger partial charge in [0.1, 0.15) is 0 Å². The van der Waals surface area contributed by atoms with Gasteiger partial charge in [-0.05, 0) is 25.9 Å². The number of hydrogen-bond acceptors (Lipinski definition) is 3. The van der Waals surface area contributed by atoms with Gasteiger partial charge in [0.2, 0.25) is 0 Å². The molecule has 0 aromatic carbocycles. The van der Waals surface area contributed by atoms with Crippen LogP contribution in [0.3, 0.4) is 0 Å². The van der Waals surface area contributed by atoms with Crippen LogP contribution in [0.5, 0.6) is 0 Å². The molecule has 3 nitrogen and oxygen atoms in total. The smallest absolute Gasteiger partial charge is 0.168 e. The van der Waals surface area contributed by atoms with E-state index in [0.29, 0.717) is 0 Å². The lowest BCUT2D eigenvalue weighted by molar-refractivity contribution is 0.438. The Bertz CT molecular complexity index is 328. The van der Waals surface area contributed by atoms with Crippen LogP contribution >= 0.6 is 11.8 Å². The van der Waals surface area contributed by atoms with Crippen molar-refractivity contribution in [3.8, 4) is 0 Å². The van der Waals surface area contributed by atoms with E-state index in [1.165, 1.54) is 49.1 Å². The summed E-state index contributed by atoms with van der Waals surface area (Å²) in [5.41, 5.74) is 1.48. The van der Waals surface area contributed by atoms with Gasteiger partial charge in [0.25, 0.3) is 0 Å². The molecular formula is C10H15N3S. The molecule has 2 aliphatic rings. The molecule has 76 valence electrons. The van der Waals surface area contributed by atoms with Crippen LogP contribution in [0.2, 0.25) is 0 Å². The van der Waals surface area contributed by atoms with Gasteiger partial charge >= 0.3 is 0 Å². The maximum atomic E-state index is 4.48. The van der Waals surface area contributed by atoms with Crippen molar-refractivity contribution in [1.29, 1.82) is 0 Å². The quantitative estimate of drug-likeness (QED) is 0.759. The molecule has 1 saturated heterocycles. The normalized spacial score (nSPS) is 22.6. The van der Waals surface area contributed by atoms with Gasteiger partial charge in [-0.25, -0.2) is 4.98 Å². The second kappa shape index (κ2) is 3.59. The summed E-state index contributed by atoms with van der Waals surface area (Å²) in [4.78, 5) is 4.48. The number of aromatic nitrogens is 2. The fourth-order valence-corrected chi connectivity index (χ4v) is 3.32. The largest absolute Gasteiger partial charge is 0.322 e. The van der Waals surface area contributed by atoms with Gasteiger partial charge in [0.15, 0.2) is 5.16 Å². The summed E-state index contributed by atoms with van der Waals surface area (Å²) in [5.74, 6) is 1.96. The van der Waals surface area contributed by atoms with Gasteiger partial charge < -0.3 is 9.88 Å².